The summed E-state index contributed by atoms with van der Waals surface area (Å²) in [5, 5.41) is 0. The first-order chi connectivity index (χ1) is 14.6. The number of hydrogen-bond donors (Lipinski definition) is 0. The van der Waals surface area contributed by atoms with Gasteiger partial charge in [-0.25, -0.2) is 0 Å². The van der Waals surface area contributed by atoms with Crippen LogP contribution in [-0.2, 0) is 4.74 Å². The Kier molecular flexibility index (Phi) is 6.06. The number of methoxy groups -OCH3 is 1. The van der Waals surface area contributed by atoms with Crippen molar-refractivity contribution in [3.05, 3.63) is 102 Å². The lowest BCUT2D eigenvalue weighted by atomic mass is 9.88. The maximum Gasteiger partial charge on any atom is 0.210 e. The molecule has 0 radical (unpaired) electrons. The fraction of sp³-hybridized carbons (Fsp3) is 0.286. The highest BCUT2D eigenvalue weighted by Gasteiger charge is 2.35. The van der Waals surface area contributed by atoms with Crippen molar-refractivity contribution in [1.82, 2.24) is 0 Å². The van der Waals surface area contributed by atoms with Crippen LogP contribution in [0.3, 0.4) is 0 Å². The zero-order valence-corrected chi connectivity index (χ0v) is 18.2. The zero-order chi connectivity index (χ0) is 21.1. The average molecular weight is 399 g/mol. The van der Waals surface area contributed by atoms with E-state index in [-0.39, 0.29) is 5.92 Å². The van der Waals surface area contributed by atoms with Gasteiger partial charge in [0, 0.05) is 13.0 Å². The molecule has 1 aliphatic rings. The SMILES string of the molecule is C/C=C\C(c1ccc(OC(OC)C2c3ccccc3-c3ccccc32)cc1)C(C)C. The van der Waals surface area contributed by atoms with E-state index in [1.165, 1.54) is 27.8 Å². The molecule has 2 unspecified atom stereocenters. The highest BCUT2D eigenvalue weighted by Crippen LogP contribution is 2.47. The van der Waals surface area contributed by atoms with Gasteiger partial charge in [-0.1, -0.05) is 86.7 Å². The van der Waals surface area contributed by atoms with Gasteiger partial charge < -0.3 is 9.47 Å². The monoisotopic (exact) mass is 398 g/mol. The summed E-state index contributed by atoms with van der Waals surface area (Å²) in [7, 11) is 1.73. The Bertz CT molecular complexity index is 971. The molecule has 0 aromatic heterocycles. The van der Waals surface area contributed by atoms with Crippen LogP contribution in [0.25, 0.3) is 11.1 Å². The van der Waals surface area contributed by atoms with Gasteiger partial charge in [0.25, 0.3) is 0 Å². The van der Waals surface area contributed by atoms with Crippen molar-refractivity contribution in [3.63, 3.8) is 0 Å². The molecule has 154 valence electrons. The molecule has 4 rings (SSSR count). The average Bonchev–Trinajstić information content (AvgIpc) is 3.11. The van der Waals surface area contributed by atoms with Crippen LogP contribution in [0.1, 0.15) is 49.3 Å². The molecule has 3 aromatic carbocycles. The first kappa shape index (κ1) is 20.4. The highest BCUT2D eigenvalue weighted by molar-refractivity contribution is 5.78. The molecular weight excluding hydrogens is 368 g/mol. The van der Waals surface area contributed by atoms with Gasteiger partial charge in [-0.05, 0) is 52.8 Å². The first-order valence-electron chi connectivity index (χ1n) is 10.7. The molecule has 0 amide bonds. The van der Waals surface area contributed by atoms with Crippen LogP contribution in [0.4, 0.5) is 0 Å². The largest absolute Gasteiger partial charge is 0.464 e. The molecular formula is C28H30O2. The Morgan fingerprint density at radius 3 is 1.87 bits per heavy atom. The van der Waals surface area contributed by atoms with Crippen LogP contribution >= 0.6 is 0 Å². The summed E-state index contributed by atoms with van der Waals surface area (Å²) >= 11 is 0. The van der Waals surface area contributed by atoms with Crippen molar-refractivity contribution in [1.29, 1.82) is 0 Å². The summed E-state index contributed by atoms with van der Waals surface area (Å²) in [4.78, 5) is 0. The van der Waals surface area contributed by atoms with Crippen molar-refractivity contribution in [3.8, 4) is 16.9 Å². The van der Waals surface area contributed by atoms with Crippen molar-refractivity contribution >= 4 is 0 Å². The van der Waals surface area contributed by atoms with E-state index in [1.807, 2.05) is 0 Å². The molecule has 0 heterocycles. The maximum atomic E-state index is 6.38. The number of benzene rings is 3. The Morgan fingerprint density at radius 2 is 1.37 bits per heavy atom. The van der Waals surface area contributed by atoms with Crippen LogP contribution in [-0.4, -0.2) is 13.4 Å². The van der Waals surface area contributed by atoms with Gasteiger partial charge in [0.2, 0.25) is 6.29 Å². The Morgan fingerprint density at radius 1 is 0.800 bits per heavy atom. The normalized spacial score (nSPS) is 15.2. The molecule has 0 saturated carbocycles. The molecule has 0 N–H and O–H groups in total. The molecule has 0 spiro atoms. The van der Waals surface area contributed by atoms with E-state index in [1.54, 1.807) is 7.11 Å². The van der Waals surface area contributed by atoms with Gasteiger partial charge in [-0.15, -0.1) is 0 Å². The molecule has 3 aromatic rings. The van der Waals surface area contributed by atoms with Gasteiger partial charge in [-0.2, -0.15) is 0 Å². The van der Waals surface area contributed by atoms with Crippen LogP contribution in [0.15, 0.2) is 84.9 Å². The molecule has 2 atom stereocenters. The number of ether oxygens (including phenoxy) is 2. The van der Waals surface area contributed by atoms with E-state index < -0.39 is 6.29 Å². The fourth-order valence-corrected chi connectivity index (χ4v) is 4.57. The van der Waals surface area contributed by atoms with Crippen LogP contribution in [0.5, 0.6) is 5.75 Å². The second kappa shape index (κ2) is 8.89. The molecule has 0 saturated heterocycles. The van der Waals surface area contributed by atoms with Crippen LogP contribution in [0, 0.1) is 5.92 Å². The summed E-state index contributed by atoms with van der Waals surface area (Å²) in [5.41, 5.74) is 6.36. The maximum absolute atomic E-state index is 6.38. The number of allylic oxidation sites excluding steroid dienone is 2. The summed E-state index contributed by atoms with van der Waals surface area (Å²) in [5.74, 6) is 1.84. The van der Waals surface area contributed by atoms with Gasteiger partial charge in [0.05, 0.1) is 5.92 Å². The van der Waals surface area contributed by atoms with Crippen molar-refractivity contribution < 1.29 is 9.47 Å². The third kappa shape index (κ3) is 3.80. The molecule has 2 nitrogen and oxygen atoms in total. The minimum absolute atomic E-state index is 0.0495. The second-order valence-corrected chi connectivity index (χ2v) is 8.24. The Hall–Kier alpha value is -2.84. The zero-order valence-electron chi connectivity index (χ0n) is 18.2. The van der Waals surface area contributed by atoms with Crippen LogP contribution < -0.4 is 4.74 Å². The number of hydrogen-bond acceptors (Lipinski definition) is 2. The Balaban J connectivity index is 1.62. The molecule has 0 fully saturated rings. The lowest BCUT2D eigenvalue weighted by Crippen LogP contribution is -2.27. The predicted octanol–water partition coefficient (Wildman–Crippen LogP) is 7.17. The van der Waals surface area contributed by atoms with Crippen molar-refractivity contribution in [2.75, 3.05) is 7.11 Å². The molecule has 2 heteroatoms. The first-order valence-corrected chi connectivity index (χ1v) is 10.7. The van der Waals surface area contributed by atoms with Gasteiger partial charge >= 0.3 is 0 Å². The molecule has 0 aliphatic heterocycles. The third-order valence-corrected chi connectivity index (χ3v) is 6.02. The van der Waals surface area contributed by atoms with Crippen molar-refractivity contribution in [2.24, 2.45) is 5.92 Å². The van der Waals surface area contributed by atoms with Gasteiger partial charge in [0.15, 0.2) is 0 Å². The summed E-state index contributed by atoms with van der Waals surface area (Å²) in [6.45, 7) is 6.59. The smallest absolute Gasteiger partial charge is 0.210 e. The fourth-order valence-electron chi connectivity index (χ4n) is 4.57. The summed E-state index contributed by atoms with van der Waals surface area (Å²) in [6, 6.07) is 25.6. The van der Waals surface area contributed by atoms with Crippen LogP contribution in [0.2, 0.25) is 0 Å². The van der Waals surface area contributed by atoms with E-state index in [4.69, 9.17) is 9.47 Å². The van der Waals surface area contributed by atoms with E-state index in [2.05, 4.69) is 106 Å². The quantitative estimate of drug-likeness (QED) is 0.310. The van der Waals surface area contributed by atoms with E-state index in [9.17, 15) is 0 Å². The molecule has 1 aliphatic carbocycles. The van der Waals surface area contributed by atoms with E-state index >= 15 is 0 Å². The Labute approximate surface area is 180 Å². The topological polar surface area (TPSA) is 18.5 Å². The molecule has 0 bridgehead atoms. The van der Waals surface area contributed by atoms with Crippen molar-refractivity contribution in [2.45, 2.75) is 38.9 Å². The lowest BCUT2D eigenvalue weighted by Gasteiger charge is -2.25. The standard InChI is InChI=1S/C28H30O2/c1-5-10-22(19(2)3)20-15-17-21(18-16-20)30-28(29-4)27-25-13-8-6-11-23(25)24-12-7-9-14-26(24)27/h5-19,22,27-28H,1-4H3/b10-5-. The number of rotatable bonds is 7. The predicted molar refractivity (Wildman–Crippen MR) is 124 cm³/mol. The summed E-state index contributed by atoms with van der Waals surface area (Å²) < 4.78 is 12.2. The van der Waals surface area contributed by atoms with Gasteiger partial charge in [-0.3, -0.25) is 0 Å². The highest BCUT2D eigenvalue weighted by atomic mass is 16.7. The van der Waals surface area contributed by atoms with E-state index in [0.29, 0.717) is 11.8 Å². The lowest BCUT2D eigenvalue weighted by molar-refractivity contribution is -0.0629. The van der Waals surface area contributed by atoms with E-state index in [0.717, 1.165) is 5.75 Å². The second-order valence-electron chi connectivity index (χ2n) is 8.24. The number of fused-ring (bicyclic) bond motifs is 3. The molecule has 30 heavy (non-hydrogen) atoms. The minimum atomic E-state index is -0.392. The summed E-state index contributed by atoms with van der Waals surface area (Å²) in [6.07, 6.45) is 4.01. The third-order valence-electron chi connectivity index (χ3n) is 6.02. The minimum Gasteiger partial charge on any atom is -0.464 e. The van der Waals surface area contributed by atoms with Gasteiger partial charge in [0.1, 0.15) is 5.75 Å².